The number of nitrogens with one attached hydrogen (secondary N) is 1. The molecule has 1 aromatic rings. The first-order chi connectivity index (χ1) is 7.15. The molecule has 5 heteroatoms. The molecule has 0 aliphatic heterocycles. The molecule has 0 radical (unpaired) electrons. The Hall–Kier alpha value is -2.04. The van der Waals surface area contributed by atoms with Crippen molar-refractivity contribution in [3.8, 4) is 0 Å². The number of aromatic amines is 1. The molecule has 5 nitrogen and oxygen atoms in total. The number of hydrogen-bond donors (Lipinski definition) is 2. The molecule has 0 aromatic carbocycles. The highest BCUT2D eigenvalue weighted by Gasteiger charge is 2.18. The van der Waals surface area contributed by atoms with Crippen molar-refractivity contribution in [1.82, 2.24) is 4.98 Å². The van der Waals surface area contributed by atoms with Crippen LogP contribution in [0.1, 0.15) is 12.6 Å². The minimum atomic E-state index is -1.30. The standard InChI is InChI=1S/C10H11NO4/c1-2-15-10(14)8(9(12)13)6-7-4-3-5-11-7/h3-6,11H,2H2,1H3,(H,12,13)/b8-6-. The number of carbonyl (C=O) groups excluding carboxylic acids is 1. The maximum Gasteiger partial charge on any atom is 0.345 e. The second-order valence-corrected chi connectivity index (χ2v) is 2.71. The summed E-state index contributed by atoms with van der Waals surface area (Å²) < 4.78 is 4.61. The van der Waals surface area contributed by atoms with E-state index in [1.165, 1.54) is 6.08 Å². The van der Waals surface area contributed by atoms with Crippen molar-refractivity contribution in [1.29, 1.82) is 0 Å². The highest BCUT2D eigenvalue weighted by atomic mass is 16.5. The Morgan fingerprint density at radius 1 is 1.60 bits per heavy atom. The van der Waals surface area contributed by atoms with Crippen LogP contribution >= 0.6 is 0 Å². The first kappa shape index (κ1) is 11.0. The number of aliphatic carboxylic acids is 1. The van der Waals surface area contributed by atoms with E-state index in [4.69, 9.17) is 5.11 Å². The van der Waals surface area contributed by atoms with E-state index < -0.39 is 11.9 Å². The lowest BCUT2D eigenvalue weighted by Crippen LogP contribution is -2.15. The molecule has 15 heavy (non-hydrogen) atoms. The van der Waals surface area contributed by atoms with Gasteiger partial charge in [0, 0.05) is 11.9 Å². The fourth-order valence-electron chi connectivity index (χ4n) is 1.01. The third-order valence-corrected chi connectivity index (χ3v) is 1.65. The minimum Gasteiger partial charge on any atom is -0.477 e. The van der Waals surface area contributed by atoms with Crippen molar-refractivity contribution in [2.45, 2.75) is 6.92 Å². The fraction of sp³-hybridized carbons (Fsp3) is 0.200. The predicted octanol–water partition coefficient (Wildman–Crippen LogP) is 1.05. The van der Waals surface area contributed by atoms with Crippen LogP contribution in [0.3, 0.4) is 0 Å². The lowest BCUT2D eigenvalue weighted by atomic mass is 10.2. The van der Waals surface area contributed by atoms with E-state index in [-0.39, 0.29) is 12.2 Å². The van der Waals surface area contributed by atoms with Crippen LogP contribution in [0, 0.1) is 0 Å². The van der Waals surface area contributed by atoms with E-state index in [9.17, 15) is 9.59 Å². The molecule has 0 saturated carbocycles. The SMILES string of the molecule is CCOC(=O)/C(=C\c1ccc[nH]1)C(=O)O. The molecule has 1 aromatic heterocycles. The lowest BCUT2D eigenvalue weighted by molar-refractivity contribution is -0.143. The largest absolute Gasteiger partial charge is 0.477 e. The highest BCUT2D eigenvalue weighted by molar-refractivity contribution is 6.16. The van der Waals surface area contributed by atoms with Crippen LogP contribution in [-0.4, -0.2) is 28.6 Å². The molecule has 0 amide bonds. The van der Waals surface area contributed by atoms with Gasteiger partial charge in [-0.3, -0.25) is 0 Å². The van der Waals surface area contributed by atoms with Crippen LogP contribution in [0.2, 0.25) is 0 Å². The Bertz CT molecular complexity index is 378. The van der Waals surface area contributed by atoms with Crippen LogP contribution in [0.25, 0.3) is 6.08 Å². The maximum absolute atomic E-state index is 11.2. The monoisotopic (exact) mass is 209 g/mol. The number of aromatic nitrogens is 1. The van der Waals surface area contributed by atoms with Crippen molar-refractivity contribution in [2.24, 2.45) is 0 Å². The topological polar surface area (TPSA) is 79.4 Å². The number of ether oxygens (including phenoxy) is 1. The Morgan fingerprint density at radius 2 is 2.33 bits per heavy atom. The van der Waals surface area contributed by atoms with E-state index >= 15 is 0 Å². The molecule has 0 saturated heterocycles. The Balaban J connectivity index is 2.92. The first-order valence-corrected chi connectivity index (χ1v) is 4.40. The van der Waals surface area contributed by atoms with E-state index in [0.29, 0.717) is 5.69 Å². The summed E-state index contributed by atoms with van der Waals surface area (Å²) in [6.07, 6.45) is 2.87. The van der Waals surface area contributed by atoms with Gasteiger partial charge in [-0.25, -0.2) is 9.59 Å². The van der Waals surface area contributed by atoms with Gasteiger partial charge in [-0.1, -0.05) is 0 Å². The van der Waals surface area contributed by atoms with Gasteiger partial charge in [0.1, 0.15) is 5.57 Å². The Labute approximate surface area is 86.4 Å². The summed E-state index contributed by atoms with van der Waals surface area (Å²) in [5, 5.41) is 8.79. The molecule has 2 N–H and O–H groups in total. The summed E-state index contributed by atoms with van der Waals surface area (Å²) in [5.74, 6) is -2.14. The van der Waals surface area contributed by atoms with E-state index in [1.807, 2.05) is 0 Å². The van der Waals surface area contributed by atoms with Crippen molar-refractivity contribution < 1.29 is 19.4 Å². The van der Waals surface area contributed by atoms with Gasteiger partial charge in [-0.2, -0.15) is 0 Å². The number of carboxylic acid groups (broad SMARTS) is 1. The summed E-state index contributed by atoms with van der Waals surface area (Å²) in [6, 6.07) is 3.36. The first-order valence-electron chi connectivity index (χ1n) is 4.40. The molecule has 0 spiro atoms. The lowest BCUT2D eigenvalue weighted by Gasteiger charge is -2.01. The maximum atomic E-state index is 11.2. The summed E-state index contributed by atoms with van der Waals surface area (Å²) in [5.41, 5.74) is 0.153. The molecular weight excluding hydrogens is 198 g/mol. The van der Waals surface area contributed by atoms with Crippen LogP contribution in [0.15, 0.2) is 23.9 Å². The van der Waals surface area contributed by atoms with Crippen molar-refractivity contribution in [3.05, 3.63) is 29.6 Å². The van der Waals surface area contributed by atoms with Crippen LogP contribution < -0.4 is 0 Å². The molecule has 0 atom stereocenters. The zero-order chi connectivity index (χ0) is 11.3. The van der Waals surface area contributed by atoms with Crippen molar-refractivity contribution in [3.63, 3.8) is 0 Å². The van der Waals surface area contributed by atoms with Gasteiger partial charge >= 0.3 is 11.9 Å². The molecule has 0 unspecified atom stereocenters. The summed E-state index contributed by atoms with van der Waals surface area (Å²) in [6.45, 7) is 1.76. The third kappa shape index (κ3) is 2.98. The molecule has 80 valence electrons. The molecule has 1 heterocycles. The normalized spacial score (nSPS) is 11.1. The molecule has 0 aliphatic carbocycles. The average molecular weight is 209 g/mol. The van der Waals surface area contributed by atoms with Gasteiger partial charge in [-0.05, 0) is 25.1 Å². The minimum absolute atomic E-state index is 0.147. The second-order valence-electron chi connectivity index (χ2n) is 2.71. The van der Waals surface area contributed by atoms with E-state index in [1.54, 1.807) is 25.3 Å². The number of carbonyl (C=O) groups is 2. The van der Waals surface area contributed by atoms with Gasteiger partial charge < -0.3 is 14.8 Å². The highest BCUT2D eigenvalue weighted by Crippen LogP contribution is 2.06. The summed E-state index contributed by atoms with van der Waals surface area (Å²) in [4.78, 5) is 24.8. The van der Waals surface area contributed by atoms with E-state index in [2.05, 4.69) is 9.72 Å². The molecule has 0 bridgehead atoms. The van der Waals surface area contributed by atoms with Crippen LogP contribution in [0.5, 0.6) is 0 Å². The quantitative estimate of drug-likeness (QED) is 0.336. The van der Waals surface area contributed by atoms with Gasteiger partial charge in [0.2, 0.25) is 0 Å². The number of rotatable bonds is 4. The second kappa shape index (κ2) is 4.99. The molecule has 0 fully saturated rings. The summed E-state index contributed by atoms with van der Waals surface area (Å²) in [7, 11) is 0. The zero-order valence-corrected chi connectivity index (χ0v) is 8.19. The van der Waals surface area contributed by atoms with Crippen LogP contribution in [-0.2, 0) is 14.3 Å². The third-order valence-electron chi connectivity index (χ3n) is 1.65. The number of esters is 1. The fourth-order valence-corrected chi connectivity index (χ4v) is 1.01. The Morgan fingerprint density at radius 3 is 2.80 bits per heavy atom. The van der Waals surface area contributed by atoms with Gasteiger partial charge in [0.15, 0.2) is 0 Å². The number of H-pyrrole nitrogens is 1. The van der Waals surface area contributed by atoms with Crippen LogP contribution in [0.4, 0.5) is 0 Å². The molecular formula is C10H11NO4. The van der Waals surface area contributed by atoms with Gasteiger partial charge in [-0.15, -0.1) is 0 Å². The van der Waals surface area contributed by atoms with Crippen molar-refractivity contribution >= 4 is 18.0 Å². The van der Waals surface area contributed by atoms with Crippen molar-refractivity contribution in [2.75, 3.05) is 6.61 Å². The smallest absolute Gasteiger partial charge is 0.345 e. The van der Waals surface area contributed by atoms with E-state index in [0.717, 1.165) is 0 Å². The number of hydrogen-bond acceptors (Lipinski definition) is 3. The molecule has 1 rings (SSSR count). The predicted molar refractivity (Wildman–Crippen MR) is 53.0 cm³/mol. The average Bonchev–Trinajstić information content (AvgIpc) is 2.66. The number of carboxylic acids is 1. The van der Waals surface area contributed by atoms with Gasteiger partial charge in [0.05, 0.1) is 6.61 Å². The molecule has 0 aliphatic rings. The zero-order valence-electron chi connectivity index (χ0n) is 8.19. The van der Waals surface area contributed by atoms with Gasteiger partial charge in [0.25, 0.3) is 0 Å². The Kier molecular flexibility index (Phi) is 3.68. The summed E-state index contributed by atoms with van der Waals surface area (Å²) >= 11 is 0.